The monoisotopic (exact) mass is 327 g/mol. The van der Waals surface area contributed by atoms with Crippen molar-refractivity contribution in [2.24, 2.45) is 0 Å². The van der Waals surface area contributed by atoms with Crippen molar-refractivity contribution < 1.29 is 9.13 Å². The summed E-state index contributed by atoms with van der Waals surface area (Å²) in [5, 5.41) is 3.35. The molecular formula is C21H26FNO. The fourth-order valence-corrected chi connectivity index (χ4v) is 2.69. The van der Waals surface area contributed by atoms with Crippen molar-refractivity contribution in [3.8, 4) is 0 Å². The lowest BCUT2D eigenvalue weighted by Gasteiger charge is -2.17. The number of allylic oxidation sites excluding steroid dienone is 2. The number of benzene rings is 1. The first-order chi connectivity index (χ1) is 11.5. The van der Waals surface area contributed by atoms with Gasteiger partial charge in [-0.1, -0.05) is 43.0 Å². The van der Waals surface area contributed by atoms with E-state index in [1.54, 1.807) is 25.1 Å². The highest BCUT2D eigenvalue weighted by Crippen LogP contribution is 2.17. The van der Waals surface area contributed by atoms with Gasteiger partial charge in [-0.15, -0.1) is 0 Å². The highest BCUT2D eigenvalue weighted by Gasteiger charge is 2.11. The van der Waals surface area contributed by atoms with E-state index in [1.807, 2.05) is 19.1 Å². The first-order valence-electron chi connectivity index (χ1n) is 8.33. The van der Waals surface area contributed by atoms with Crippen molar-refractivity contribution in [1.29, 1.82) is 0 Å². The first kappa shape index (κ1) is 18.2. The number of hydrogen-bond acceptors (Lipinski definition) is 2. The predicted octanol–water partition coefficient (Wildman–Crippen LogP) is 4.93. The average Bonchev–Trinajstić information content (AvgIpc) is 3.07. The second kappa shape index (κ2) is 8.65. The molecule has 0 bridgehead atoms. The number of halogens is 1. The quantitative estimate of drug-likeness (QED) is 0.748. The van der Waals surface area contributed by atoms with Crippen LogP contribution in [0.25, 0.3) is 6.08 Å². The highest BCUT2D eigenvalue weighted by molar-refractivity contribution is 5.54. The van der Waals surface area contributed by atoms with Gasteiger partial charge in [0.1, 0.15) is 5.82 Å². The molecule has 0 saturated carbocycles. The van der Waals surface area contributed by atoms with E-state index in [0.717, 1.165) is 25.3 Å². The lowest BCUT2D eigenvalue weighted by Crippen LogP contribution is -2.25. The van der Waals surface area contributed by atoms with Crippen LogP contribution in [0, 0.1) is 12.7 Å². The molecule has 1 aromatic carbocycles. The van der Waals surface area contributed by atoms with Crippen molar-refractivity contribution in [3.05, 3.63) is 76.8 Å². The minimum Gasteiger partial charge on any atom is -0.379 e. The van der Waals surface area contributed by atoms with Crippen molar-refractivity contribution >= 4 is 6.08 Å². The lowest BCUT2D eigenvalue weighted by atomic mass is 10.0. The summed E-state index contributed by atoms with van der Waals surface area (Å²) in [5.74, 6) is -0.185. The average molecular weight is 327 g/mol. The summed E-state index contributed by atoms with van der Waals surface area (Å²) in [6.07, 6.45) is 8.86. The van der Waals surface area contributed by atoms with Gasteiger partial charge in [-0.3, -0.25) is 0 Å². The SMILES string of the molecule is C=C(/C=C/c1cccc(C)c1F)NC(C)C(/C=C1/CCOC1)=C/C. The van der Waals surface area contributed by atoms with Crippen molar-refractivity contribution in [3.63, 3.8) is 0 Å². The standard InChI is InChI=1S/C21H26FNO/c1-5-19(13-18-11-12-24-14-18)17(4)23-16(3)9-10-20-8-6-7-15(2)21(20)22/h5-10,13,17,23H,3,11-12,14H2,1-2,4H3/b10-9+,18-13-,19-5+. The van der Waals surface area contributed by atoms with Gasteiger partial charge in [0.2, 0.25) is 0 Å². The highest BCUT2D eigenvalue weighted by atomic mass is 19.1. The Balaban J connectivity index is 1.99. The zero-order valence-electron chi connectivity index (χ0n) is 14.7. The largest absolute Gasteiger partial charge is 0.379 e. The molecular weight excluding hydrogens is 301 g/mol. The normalized spacial score (nSPS) is 18.3. The van der Waals surface area contributed by atoms with Gasteiger partial charge >= 0.3 is 0 Å². The Morgan fingerprint density at radius 1 is 1.42 bits per heavy atom. The Morgan fingerprint density at radius 3 is 2.88 bits per heavy atom. The van der Waals surface area contributed by atoms with E-state index in [9.17, 15) is 4.39 Å². The topological polar surface area (TPSA) is 21.3 Å². The molecule has 0 aromatic heterocycles. The zero-order valence-corrected chi connectivity index (χ0v) is 14.7. The zero-order chi connectivity index (χ0) is 17.5. The van der Waals surface area contributed by atoms with Gasteiger partial charge in [0.05, 0.1) is 13.2 Å². The van der Waals surface area contributed by atoms with Gasteiger partial charge in [-0.25, -0.2) is 4.39 Å². The summed E-state index contributed by atoms with van der Waals surface area (Å²) in [6.45, 7) is 11.4. The lowest BCUT2D eigenvalue weighted by molar-refractivity contribution is 0.204. The molecule has 1 N–H and O–H groups in total. The molecule has 1 aromatic rings. The Hall–Kier alpha value is -2.13. The Kier molecular flexibility index (Phi) is 6.56. The Morgan fingerprint density at radius 2 is 2.21 bits per heavy atom. The molecule has 128 valence electrons. The van der Waals surface area contributed by atoms with E-state index in [4.69, 9.17) is 4.74 Å². The van der Waals surface area contributed by atoms with Crippen LogP contribution in [-0.4, -0.2) is 19.3 Å². The molecule has 0 amide bonds. The molecule has 1 fully saturated rings. The van der Waals surface area contributed by atoms with E-state index < -0.39 is 0 Å². The van der Waals surface area contributed by atoms with Crippen LogP contribution in [-0.2, 0) is 4.74 Å². The van der Waals surface area contributed by atoms with Crippen LogP contribution in [0.15, 0.2) is 59.8 Å². The molecule has 24 heavy (non-hydrogen) atoms. The molecule has 1 aliphatic rings. The molecule has 2 rings (SSSR count). The van der Waals surface area contributed by atoms with Gasteiger partial charge in [0.15, 0.2) is 0 Å². The molecule has 2 nitrogen and oxygen atoms in total. The van der Waals surface area contributed by atoms with Crippen molar-refractivity contribution in [2.45, 2.75) is 33.2 Å². The van der Waals surface area contributed by atoms with Gasteiger partial charge in [-0.05, 0) is 50.0 Å². The van der Waals surface area contributed by atoms with Crippen LogP contribution < -0.4 is 5.32 Å². The summed E-state index contributed by atoms with van der Waals surface area (Å²) in [6, 6.07) is 5.50. The maximum Gasteiger partial charge on any atom is 0.133 e. The maximum atomic E-state index is 14.0. The second-order valence-corrected chi connectivity index (χ2v) is 6.10. The van der Waals surface area contributed by atoms with E-state index in [-0.39, 0.29) is 11.9 Å². The third-order valence-corrected chi connectivity index (χ3v) is 4.15. The van der Waals surface area contributed by atoms with Crippen LogP contribution in [0.2, 0.25) is 0 Å². The van der Waals surface area contributed by atoms with Crippen LogP contribution in [0.3, 0.4) is 0 Å². The summed E-state index contributed by atoms with van der Waals surface area (Å²) >= 11 is 0. The minimum atomic E-state index is -0.185. The van der Waals surface area contributed by atoms with Crippen LogP contribution >= 0.6 is 0 Å². The van der Waals surface area contributed by atoms with E-state index in [0.29, 0.717) is 11.1 Å². The van der Waals surface area contributed by atoms with E-state index in [2.05, 4.69) is 31.0 Å². The molecule has 1 heterocycles. The Labute approximate surface area is 144 Å². The molecule has 3 heteroatoms. The fraction of sp³-hybridized carbons (Fsp3) is 0.333. The Bertz CT molecular complexity index is 677. The summed E-state index contributed by atoms with van der Waals surface area (Å²) in [7, 11) is 0. The van der Waals surface area contributed by atoms with Crippen LogP contribution in [0.5, 0.6) is 0 Å². The number of hydrogen-bond donors (Lipinski definition) is 1. The van der Waals surface area contributed by atoms with Crippen LogP contribution in [0.1, 0.15) is 31.4 Å². The number of nitrogens with one attached hydrogen (secondary N) is 1. The van der Waals surface area contributed by atoms with Crippen molar-refractivity contribution in [1.82, 2.24) is 5.32 Å². The number of rotatable bonds is 6. The molecule has 0 radical (unpaired) electrons. The van der Waals surface area contributed by atoms with Gasteiger partial charge in [0, 0.05) is 17.3 Å². The third-order valence-electron chi connectivity index (χ3n) is 4.15. The first-order valence-corrected chi connectivity index (χ1v) is 8.33. The molecule has 0 aliphatic carbocycles. The van der Waals surface area contributed by atoms with Crippen molar-refractivity contribution in [2.75, 3.05) is 13.2 Å². The number of ether oxygens (including phenoxy) is 1. The second-order valence-electron chi connectivity index (χ2n) is 6.10. The smallest absolute Gasteiger partial charge is 0.133 e. The van der Waals surface area contributed by atoms with E-state index in [1.165, 1.54) is 11.1 Å². The molecule has 1 atom stereocenters. The predicted molar refractivity (Wildman–Crippen MR) is 99.2 cm³/mol. The summed E-state index contributed by atoms with van der Waals surface area (Å²) < 4.78 is 19.4. The molecule has 1 aliphatic heterocycles. The maximum absolute atomic E-state index is 14.0. The van der Waals surface area contributed by atoms with Crippen LogP contribution in [0.4, 0.5) is 4.39 Å². The third kappa shape index (κ3) is 4.93. The molecule has 1 unspecified atom stereocenters. The minimum absolute atomic E-state index is 0.127. The van der Waals surface area contributed by atoms with Gasteiger partial charge in [-0.2, -0.15) is 0 Å². The van der Waals surface area contributed by atoms with Gasteiger partial charge < -0.3 is 10.1 Å². The molecule has 0 spiro atoms. The molecule has 1 saturated heterocycles. The van der Waals surface area contributed by atoms with Gasteiger partial charge in [0.25, 0.3) is 0 Å². The summed E-state index contributed by atoms with van der Waals surface area (Å²) in [4.78, 5) is 0. The van der Waals surface area contributed by atoms with E-state index >= 15 is 0 Å². The number of aryl methyl sites for hydroxylation is 1. The fourth-order valence-electron chi connectivity index (χ4n) is 2.69. The summed E-state index contributed by atoms with van der Waals surface area (Å²) in [5.41, 5.74) is 4.49.